The van der Waals surface area contributed by atoms with Gasteiger partial charge in [-0.25, -0.2) is 4.79 Å². The molecule has 0 aliphatic rings. The van der Waals surface area contributed by atoms with Crippen LogP contribution in [-0.2, 0) is 14.3 Å². The average molecular weight is 426 g/mol. The molecule has 1 amide bonds. The molecule has 0 bridgehead atoms. The van der Waals surface area contributed by atoms with Crippen molar-refractivity contribution in [3.05, 3.63) is 64.6 Å². The largest absolute Gasteiger partial charge is 0.452 e. The summed E-state index contributed by atoms with van der Waals surface area (Å²) in [4.78, 5) is 23.3. The number of anilines is 1. The molecule has 2 rings (SSSR count). The van der Waals surface area contributed by atoms with Crippen molar-refractivity contribution in [3.63, 3.8) is 0 Å². The number of hydrogen-bond acceptors (Lipinski definition) is 4. The zero-order chi connectivity index (χ0) is 18.9. The Morgan fingerprint density at radius 1 is 1.08 bits per heavy atom. The van der Waals surface area contributed by atoms with Gasteiger partial charge in [-0.05, 0) is 48.0 Å². The van der Waals surface area contributed by atoms with Gasteiger partial charge in [0.2, 0.25) is 0 Å². The molecule has 1 N–H and O–H groups in total. The molecule has 0 saturated heterocycles. The third-order valence-corrected chi connectivity index (χ3v) is 3.52. The topological polar surface area (TPSA) is 64.6 Å². The summed E-state index contributed by atoms with van der Waals surface area (Å²) in [6.45, 7) is -3.39. The molecule has 0 fully saturated rings. The first-order valence-electron chi connectivity index (χ1n) is 7.37. The minimum absolute atomic E-state index is 0.0255. The Hall–Kier alpha value is -2.74. The number of rotatable bonds is 7. The van der Waals surface area contributed by atoms with Gasteiger partial charge in [-0.15, -0.1) is 0 Å². The normalized spacial score (nSPS) is 10.8. The van der Waals surface area contributed by atoms with E-state index < -0.39 is 25.1 Å². The van der Waals surface area contributed by atoms with Gasteiger partial charge in [0.1, 0.15) is 5.75 Å². The minimum Gasteiger partial charge on any atom is -0.452 e. The van der Waals surface area contributed by atoms with Crippen molar-refractivity contribution in [2.75, 3.05) is 11.9 Å². The third kappa shape index (κ3) is 7.02. The lowest BCUT2D eigenvalue weighted by Crippen LogP contribution is -2.20. The fraction of sp³-hybridized carbons (Fsp3) is 0.111. The number of nitrogens with one attached hydrogen (secondary N) is 1. The van der Waals surface area contributed by atoms with E-state index in [4.69, 9.17) is 4.74 Å². The average Bonchev–Trinajstić information content (AvgIpc) is 2.61. The second-order valence-electron chi connectivity index (χ2n) is 4.94. The maximum Gasteiger partial charge on any atom is 0.387 e. The highest BCUT2D eigenvalue weighted by molar-refractivity contribution is 9.10. The smallest absolute Gasteiger partial charge is 0.387 e. The van der Waals surface area contributed by atoms with E-state index in [2.05, 4.69) is 26.0 Å². The number of carbonyl (C=O) groups excluding carboxylic acids is 2. The maximum atomic E-state index is 12.0. The Kier molecular flexibility index (Phi) is 7.28. The monoisotopic (exact) mass is 425 g/mol. The van der Waals surface area contributed by atoms with Gasteiger partial charge in [-0.3, -0.25) is 4.79 Å². The fourth-order valence-electron chi connectivity index (χ4n) is 1.84. The van der Waals surface area contributed by atoms with Crippen LogP contribution in [0.5, 0.6) is 5.75 Å². The van der Waals surface area contributed by atoms with Crippen molar-refractivity contribution < 1.29 is 27.8 Å². The Morgan fingerprint density at radius 2 is 1.73 bits per heavy atom. The molecule has 0 spiro atoms. The standard InChI is InChI=1S/C18H14BrF2NO4/c19-13-4-1-12(2-5-13)3-10-17(24)25-11-16(23)22-14-6-8-15(9-7-14)26-18(20)21/h1-10,18H,11H2,(H,22,23)/b10-3+. The molecule has 0 unspecified atom stereocenters. The molecule has 136 valence electrons. The number of hydrogen-bond donors (Lipinski definition) is 1. The third-order valence-electron chi connectivity index (χ3n) is 2.99. The van der Waals surface area contributed by atoms with Gasteiger partial charge in [-0.1, -0.05) is 28.1 Å². The second-order valence-corrected chi connectivity index (χ2v) is 5.86. The van der Waals surface area contributed by atoms with Crippen LogP contribution >= 0.6 is 15.9 Å². The number of alkyl halides is 2. The summed E-state index contributed by atoms with van der Waals surface area (Å²) in [6.07, 6.45) is 2.78. The SMILES string of the molecule is O=C(COC(=O)/C=C/c1ccc(Br)cc1)Nc1ccc(OC(F)F)cc1. The van der Waals surface area contributed by atoms with Crippen molar-refractivity contribution in [3.8, 4) is 5.75 Å². The highest BCUT2D eigenvalue weighted by atomic mass is 79.9. The summed E-state index contributed by atoms with van der Waals surface area (Å²) in [5.74, 6) is -1.25. The van der Waals surface area contributed by atoms with Crippen LogP contribution in [-0.4, -0.2) is 25.1 Å². The van der Waals surface area contributed by atoms with E-state index in [1.165, 1.54) is 30.3 Å². The zero-order valence-electron chi connectivity index (χ0n) is 13.3. The van der Waals surface area contributed by atoms with Gasteiger partial charge < -0.3 is 14.8 Å². The number of halogens is 3. The minimum atomic E-state index is -2.92. The van der Waals surface area contributed by atoms with Gasteiger partial charge in [0.15, 0.2) is 6.61 Å². The van der Waals surface area contributed by atoms with Crippen molar-refractivity contribution in [2.24, 2.45) is 0 Å². The molecule has 5 nitrogen and oxygen atoms in total. The van der Waals surface area contributed by atoms with Crippen LogP contribution in [0.25, 0.3) is 6.08 Å². The first kappa shape index (κ1) is 19.6. The lowest BCUT2D eigenvalue weighted by Gasteiger charge is -2.07. The Balaban J connectivity index is 1.77. The Bertz CT molecular complexity index is 777. The summed E-state index contributed by atoms with van der Waals surface area (Å²) in [5, 5.41) is 2.47. The van der Waals surface area contributed by atoms with Gasteiger partial charge in [0.25, 0.3) is 5.91 Å². The molecule has 0 atom stereocenters. The first-order chi connectivity index (χ1) is 12.4. The molecule has 0 aliphatic heterocycles. The quantitative estimate of drug-likeness (QED) is 0.532. The van der Waals surface area contributed by atoms with Crippen molar-refractivity contribution in [1.29, 1.82) is 0 Å². The van der Waals surface area contributed by atoms with Gasteiger partial charge in [0.05, 0.1) is 0 Å². The van der Waals surface area contributed by atoms with E-state index in [1.54, 1.807) is 6.08 Å². The lowest BCUT2D eigenvalue weighted by molar-refractivity contribution is -0.142. The predicted octanol–water partition coefficient (Wildman–Crippen LogP) is 4.25. The number of esters is 1. The highest BCUT2D eigenvalue weighted by Gasteiger charge is 2.07. The molecule has 0 aromatic heterocycles. The van der Waals surface area contributed by atoms with E-state index >= 15 is 0 Å². The Morgan fingerprint density at radius 3 is 2.35 bits per heavy atom. The molecule has 2 aromatic carbocycles. The van der Waals surface area contributed by atoms with E-state index in [-0.39, 0.29) is 5.75 Å². The fourth-order valence-corrected chi connectivity index (χ4v) is 2.10. The summed E-state index contributed by atoms with van der Waals surface area (Å²) < 4.78 is 34.0. The van der Waals surface area contributed by atoms with E-state index in [9.17, 15) is 18.4 Å². The summed E-state index contributed by atoms with van der Waals surface area (Å²) in [6, 6.07) is 12.6. The van der Waals surface area contributed by atoms with Crippen LogP contribution < -0.4 is 10.1 Å². The van der Waals surface area contributed by atoms with E-state index in [0.717, 1.165) is 10.0 Å². The molecule has 0 aliphatic carbocycles. The molecule has 26 heavy (non-hydrogen) atoms. The number of ether oxygens (including phenoxy) is 2. The molecule has 0 heterocycles. The van der Waals surface area contributed by atoms with Gasteiger partial charge in [-0.2, -0.15) is 8.78 Å². The molecule has 2 aromatic rings. The summed E-state index contributed by atoms with van der Waals surface area (Å²) in [7, 11) is 0. The summed E-state index contributed by atoms with van der Waals surface area (Å²) >= 11 is 3.31. The maximum absolute atomic E-state index is 12.0. The van der Waals surface area contributed by atoms with E-state index in [0.29, 0.717) is 5.69 Å². The van der Waals surface area contributed by atoms with E-state index in [1.807, 2.05) is 24.3 Å². The number of carbonyl (C=O) groups is 2. The van der Waals surface area contributed by atoms with Crippen LogP contribution in [0.4, 0.5) is 14.5 Å². The zero-order valence-corrected chi connectivity index (χ0v) is 14.9. The second kappa shape index (κ2) is 9.67. The Labute approximate surface area is 156 Å². The van der Waals surface area contributed by atoms with Crippen LogP contribution in [0.3, 0.4) is 0 Å². The van der Waals surface area contributed by atoms with Crippen LogP contribution in [0.1, 0.15) is 5.56 Å². The van der Waals surface area contributed by atoms with Crippen molar-refractivity contribution in [1.82, 2.24) is 0 Å². The van der Waals surface area contributed by atoms with Crippen molar-refractivity contribution in [2.45, 2.75) is 6.61 Å². The molecule has 0 saturated carbocycles. The number of amides is 1. The summed E-state index contributed by atoms with van der Waals surface area (Å²) in [5.41, 5.74) is 1.17. The van der Waals surface area contributed by atoms with Crippen LogP contribution in [0, 0.1) is 0 Å². The van der Waals surface area contributed by atoms with Crippen LogP contribution in [0.15, 0.2) is 59.1 Å². The predicted molar refractivity (Wildman–Crippen MR) is 95.8 cm³/mol. The lowest BCUT2D eigenvalue weighted by atomic mass is 10.2. The van der Waals surface area contributed by atoms with Gasteiger partial charge >= 0.3 is 12.6 Å². The number of benzene rings is 2. The molecule has 0 radical (unpaired) electrons. The first-order valence-corrected chi connectivity index (χ1v) is 8.17. The highest BCUT2D eigenvalue weighted by Crippen LogP contribution is 2.17. The van der Waals surface area contributed by atoms with Crippen LogP contribution in [0.2, 0.25) is 0 Å². The van der Waals surface area contributed by atoms with Crippen molar-refractivity contribution >= 4 is 39.6 Å². The molecular weight excluding hydrogens is 412 g/mol. The van der Waals surface area contributed by atoms with Gasteiger partial charge in [0, 0.05) is 16.2 Å². The molecular formula is C18H14BrF2NO4. The molecule has 8 heteroatoms.